The van der Waals surface area contributed by atoms with E-state index in [1.807, 2.05) is 34.9 Å². The van der Waals surface area contributed by atoms with Gasteiger partial charge in [0.1, 0.15) is 6.04 Å². The van der Waals surface area contributed by atoms with Gasteiger partial charge in [0, 0.05) is 13.1 Å². The molecule has 2 heterocycles. The fraction of sp³-hybridized carbons (Fsp3) is 0.348. The van der Waals surface area contributed by atoms with Crippen LogP contribution in [0.4, 0.5) is 5.69 Å². The van der Waals surface area contributed by atoms with Crippen LogP contribution in [0.5, 0.6) is 0 Å². The minimum Gasteiger partial charge on any atom is -0.354 e. The number of anilines is 1. The molecular formula is C23H27N5O4S. The molecule has 0 saturated carbocycles. The molecule has 4 rings (SSSR count). The molecule has 1 aliphatic heterocycles. The van der Waals surface area contributed by atoms with Crippen molar-refractivity contribution in [2.45, 2.75) is 38.3 Å². The number of imidazole rings is 1. The average molecular weight is 470 g/mol. The number of carbonyl (C=O) groups excluding carboxylic acids is 2. The molecule has 174 valence electrons. The Morgan fingerprint density at radius 1 is 1.21 bits per heavy atom. The van der Waals surface area contributed by atoms with Crippen LogP contribution in [0.2, 0.25) is 0 Å². The van der Waals surface area contributed by atoms with Gasteiger partial charge in [-0.2, -0.15) is 0 Å². The summed E-state index contributed by atoms with van der Waals surface area (Å²) in [4.78, 5) is 30.1. The number of hydrogen-bond acceptors (Lipinski definition) is 5. The Balaban J connectivity index is 1.69. The second-order valence-corrected chi connectivity index (χ2v) is 10.0. The third kappa shape index (κ3) is 5.70. The number of fused-ring (bicyclic) bond motifs is 1. The second-order valence-electron chi connectivity index (χ2n) is 8.25. The zero-order valence-electron chi connectivity index (χ0n) is 18.4. The number of hydrogen-bond donors (Lipinski definition) is 3. The quantitative estimate of drug-likeness (QED) is 0.489. The summed E-state index contributed by atoms with van der Waals surface area (Å²) in [6, 6.07) is 12.4. The van der Waals surface area contributed by atoms with Gasteiger partial charge < -0.3 is 15.2 Å². The molecule has 0 bridgehead atoms. The summed E-state index contributed by atoms with van der Waals surface area (Å²) in [7, 11) is -3.55. The summed E-state index contributed by atoms with van der Waals surface area (Å²) in [5, 5.41) is 5.64. The van der Waals surface area contributed by atoms with Crippen LogP contribution in [0.25, 0.3) is 11.0 Å². The summed E-state index contributed by atoms with van der Waals surface area (Å²) in [5.41, 5.74) is 2.74. The van der Waals surface area contributed by atoms with Crippen LogP contribution in [0.3, 0.4) is 0 Å². The van der Waals surface area contributed by atoms with Crippen LogP contribution in [0, 0.1) is 0 Å². The van der Waals surface area contributed by atoms with E-state index in [9.17, 15) is 18.0 Å². The monoisotopic (exact) mass is 469 g/mol. The number of aromatic nitrogens is 2. The lowest BCUT2D eigenvalue weighted by Gasteiger charge is -2.17. The number of rotatable bonds is 7. The van der Waals surface area contributed by atoms with Crippen molar-refractivity contribution < 1.29 is 18.0 Å². The Hall–Kier alpha value is -3.40. The number of nitrogens with zero attached hydrogens (tertiary/aromatic N) is 2. The molecule has 0 unspecified atom stereocenters. The van der Waals surface area contributed by atoms with Crippen LogP contribution in [-0.4, -0.2) is 48.6 Å². The highest BCUT2D eigenvalue weighted by Gasteiger charge is 2.25. The summed E-state index contributed by atoms with van der Waals surface area (Å²) >= 11 is 0. The summed E-state index contributed by atoms with van der Waals surface area (Å²) in [5.74, 6) is -0.652. The van der Waals surface area contributed by atoms with Gasteiger partial charge in [-0.1, -0.05) is 30.3 Å². The highest BCUT2D eigenvalue weighted by atomic mass is 32.2. The van der Waals surface area contributed by atoms with Crippen LogP contribution in [0.15, 0.2) is 48.8 Å². The number of sulfonamides is 1. The van der Waals surface area contributed by atoms with Crippen molar-refractivity contribution in [2.75, 3.05) is 17.5 Å². The predicted octanol–water partition coefficient (Wildman–Crippen LogP) is 2.05. The van der Waals surface area contributed by atoms with Gasteiger partial charge in [0.2, 0.25) is 15.9 Å². The highest BCUT2D eigenvalue weighted by molar-refractivity contribution is 7.92. The Morgan fingerprint density at radius 3 is 2.76 bits per heavy atom. The predicted molar refractivity (Wildman–Crippen MR) is 126 cm³/mol. The molecule has 0 radical (unpaired) electrons. The molecule has 1 atom stereocenters. The third-order valence-electron chi connectivity index (χ3n) is 5.59. The SMILES string of the molecule is CS(=O)(=O)Nc1cc(C(=O)N[C@H]2CCCCNC2=O)c2c(c1)ncn2CCc1ccccc1. The maximum Gasteiger partial charge on any atom is 0.254 e. The van der Waals surface area contributed by atoms with E-state index in [1.54, 1.807) is 12.4 Å². The molecule has 1 saturated heterocycles. The first-order chi connectivity index (χ1) is 15.8. The van der Waals surface area contributed by atoms with E-state index in [0.717, 1.165) is 31.1 Å². The number of amides is 2. The molecule has 9 nitrogen and oxygen atoms in total. The standard InChI is InChI=1S/C23H27N5O4S/c1-33(31,32)27-17-13-18(22(29)26-19-9-5-6-11-24-23(19)30)21-20(14-17)25-15-28(21)12-10-16-7-3-2-4-8-16/h2-4,7-8,13-15,19,27H,5-6,9-12H2,1H3,(H,24,30)(H,26,29)/t19-/m0/s1. The van der Waals surface area contributed by atoms with Gasteiger partial charge >= 0.3 is 0 Å². The van der Waals surface area contributed by atoms with Crippen molar-refractivity contribution >= 4 is 38.6 Å². The molecule has 0 spiro atoms. The molecule has 1 fully saturated rings. The van der Waals surface area contributed by atoms with Crippen molar-refractivity contribution in [3.05, 3.63) is 59.9 Å². The fourth-order valence-corrected chi connectivity index (χ4v) is 4.58. The van der Waals surface area contributed by atoms with Crippen LogP contribution in [0.1, 0.15) is 35.2 Å². The summed E-state index contributed by atoms with van der Waals surface area (Å²) < 4.78 is 27.9. The third-order valence-corrected chi connectivity index (χ3v) is 6.19. The molecule has 3 aromatic rings. The van der Waals surface area contributed by atoms with Crippen LogP contribution in [-0.2, 0) is 27.8 Å². The van der Waals surface area contributed by atoms with Crippen molar-refractivity contribution in [3.63, 3.8) is 0 Å². The number of aryl methyl sites for hydroxylation is 2. The van der Waals surface area contributed by atoms with E-state index in [-0.39, 0.29) is 17.2 Å². The van der Waals surface area contributed by atoms with Gasteiger partial charge in [0.05, 0.1) is 34.9 Å². The van der Waals surface area contributed by atoms with E-state index in [2.05, 4.69) is 20.3 Å². The number of nitrogens with one attached hydrogen (secondary N) is 3. The first-order valence-electron chi connectivity index (χ1n) is 10.9. The van der Waals surface area contributed by atoms with E-state index >= 15 is 0 Å². The molecule has 33 heavy (non-hydrogen) atoms. The van der Waals surface area contributed by atoms with Crippen LogP contribution >= 0.6 is 0 Å². The zero-order valence-corrected chi connectivity index (χ0v) is 19.2. The first kappa shape index (κ1) is 22.8. The largest absolute Gasteiger partial charge is 0.354 e. The number of carbonyl (C=O) groups is 2. The molecule has 1 aliphatic rings. The van der Waals surface area contributed by atoms with E-state index in [0.29, 0.717) is 30.5 Å². The van der Waals surface area contributed by atoms with Gasteiger partial charge in [0.15, 0.2) is 0 Å². The lowest BCUT2D eigenvalue weighted by atomic mass is 10.1. The normalized spacial score (nSPS) is 16.8. The smallest absolute Gasteiger partial charge is 0.254 e. The minimum absolute atomic E-state index is 0.208. The Kier molecular flexibility index (Phi) is 6.64. The number of benzene rings is 2. The average Bonchev–Trinajstić information content (AvgIpc) is 3.07. The lowest BCUT2D eigenvalue weighted by Crippen LogP contribution is -2.45. The highest BCUT2D eigenvalue weighted by Crippen LogP contribution is 2.25. The molecule has 2 aromatic carbocycles. The van der Waals surface area contributed by atoms with Gasteiger partial charge in [-0.05, 0) is 43.4 Å². The Bertz CT molecular complexity index is 1270. The molecule has 0 aliphatic carbocycles. The molecule has 3 N–H and O–H groups in total. The van der Waals surface area contributed by atoms with Gasteiger partial charge in [-0.3, -0.25) is 14.3 Å². The minimum atomic E-state index is -3.55. The van der Waals surface area contributed by atoms with Crippen LogP contribution < -0.4 is 15.4 Å². The van der Waals surface area contributed by atoms with E-state index in [4.69, 9.17) is 0 Å². The maximum atomic E-state index is 13.3. The fourth-order valence-electron chi connectivity index (χ4n) is 4.03. The second kappa shape index (κ2) is 9.62. The van der Waals surface area contributed by atoms with E-state index < -0.39 is 22.0 Å². The molecule has 10 heteroatoms. The Labute approximate surface area is 192 Å². The van der Waals surface area contributed by atoms with Crippen molar-refractivity contribution in [3.8, 4) is 0 Å². The van der Waals surface area contributed by atoms with Crippen molar-refractivity contribution in [1.29, 1.82) is 0 Å². The molecular weight excluding hydrogens is 442 g/mol. The van der Waals surface area contributed by atoms with Gasteiger partial charge in [0.25, 0.3) is 5.91 Å². The Morgan fingerprint density at radius 2 is 2.00 bits per heavy atom. The van der Waals surface area contributed by atoms with Crippen molar-refractivity contribution in [1.82, 2.24) is 20.2 Å². The summed E-state index contributed by atoms with van der Waals surface area (Å²) in [6.07, 6.45) is 5.67. The molecule has 2 amide bonds. The van der Waals surface area contributed by atoms with Gasteiger partial charge in [-0.25, -0.2) is 13.4 Å². The summed E-state index contributed by atoms with van der Waals surface area (Å²) in [6.45, 7) is 1.18. The lowest BCUT2D eigenvalue weighted by molar-refractivity contribution is -0.122. The van der Waals surface area contributed by atoms with Crippen molar-refractivity contribution in [2.24, 2.45) is 0 Å². The van der Waals surface area contributed by atoms with Gasteiger partial charge in [-0.15, -0.1) is 0 Å². The topological polar surface area (TPSA) is 122 Å². The zero-order chi connectivity index (χ0) is 23.4. The van der Waals surface area contributed by atoms with E-state index in [1.165, 1.54) is 6.07 Å². The molecule has 1 aromatic heterocycles. The maximum absolute atomic E-state index is 13.3. The first-order valence-corrected chi connectivity index (χ1v) is 12.8.